The topological polar surface area (TPSA) is 109 Å². The molecule has 2 aromatic heterocycles. The lowest BCUT2D eigenvalue weighted by atomic mass is 10.1. The molecule has 2 aromatic carbocycles. The molecule has 5 rings (SSSR count). The summed E-state index contributed by atoms with van der Waals surface area (Å²) in [6.07, 6.45) is 4.00. The number of halogens is 1. The van der Waals surface area contributed by atoms with Gasteiger partial charge in [-0.05, 0) is 49.2 Å². The maximum absolute atomic E-state index is 13.5. The van der Waals surface area contributed by atoms with E-state index in [1.807, 2.05) is 42.6 Å². The van der Waals surface area contributed by atoms with Crippen LogP contribution >= 0.6 is 0 Å². The largest absolute Gasteiger partial charge is 0.336 e. The number of aromatic nitrogens is 3. The van der Waals surface area contributed by atoms with Crippen molar-refractivity contribution < 1.29 is 9.18 Å². The van der Waals surface area contributed by atoms with Gasteiger partial charge in [0, 0.05) is 36.6 Å². The Morgan fingerprint density at radius 2 is 1.86 bits per heavy atom. The maximum Gasteiger partial charge on any atom is 0.260 e. The van der Waals surface area contributed by atoms with Crippen LogP contribution in [0.2, 0.25) is 0 Å². The molecular weight excluding hydrogens is 459 g/mol. The fourth-order valence-electron chi connectivity index (χ4n) is 4.43. The summed E-state index contributed by atoms with van der Waals surface area (Å²) in [5, 5.41) is 3.34. The van der Waals surface area contributed by atoms with Crippen LogP contribution in [-0.2, 0) is 6.54 Å². The second-order valence-electron chi connectivity index (χ2n) is 9.08. The van der Waals surface area contributed by atoms with Gasteiger partial charge in [0.15, 0.2) is 0 Å². The first-order valence-electron chi connectivity index (χ1n) is 12.2. The van der Waals surface area contributed by atoms with E-state index >= 15 is 0 Å². The van der Waals surface area contributed by atoms with E-state index in [0.29, 0.717) is 42.1 Å². The van der Waals surface area contributed by atoms with Crippen molar-refractivity contribution in [1.29, 1.82) is 0 Å². The highest BCUT2D eigenvalue weighted by Crippen LogP contribution is 2.23. The standard InChI is InChI=1S/C27H29FN6O2/c28-22-10-13-33(15-22)26(36)21-8-6-20(7-9-21)24-17-34-16-23(25(35)32-27(34)31-24)19-4-2-18(3-5-19)14-30-12-1-11-29/h2-9,16-17,22,30H,1,10-15,29H2,(H,31,32,35). The number of H-pyrrole nitrogens is 1. The van der Waals surface area contributed by atoms with Crippen molar-refractivity contribution in [3.63, 3.8) is 0 Å². The number of rotatable bonds is 8. The third-order valence-corrected chi connectivity index (χ3v) is 6.47. The molecule has 1 unspecified atom stereocenters. The highest BCUT2D eigenvalue weighted by atomic mass is 19.1. The minimum atomic E-state index is -0.945. The molecule has 1 atom stereocenters. The summed E-state index contributed by atoms with van der Waals surface area (Å²) in [5.74, 6) is 0.272. The fraction of sp³-hybridized carbons (Fsp3) is 0.296. The molecule has 0 saturated carbocycles. The van der Waals surface area contributed by atoms with Gasteiger partial charge in [-0.1, -0.05) is 36.4 Å². The lowest BCUT2D eigenvalue weighted by Crippen LogP contribution is -2.28. The number of nitrogens with two attached hydrogens (primary N) is 1. The zero-order chi connectivity index (χ0) is 25.1. The van der Waals surface area contributed by atoms with E-state index in [1.54, 1.807) is 27.6 Å². The number of fused-ring (bicyclic) bond motifs is 1. The minimum absolute atomic E-state index is 0.150. The quantitative estimate of drug-likeness (QED) is 0.331. The number of amides is 1. The average Bonchev–Trinajstić information content (AvgIpc) is 3.52. The summed E-state index contributed by atoms with van der Waals surface area (Å²) >= 11 is 0. The number of imidazole rings is 1. The van der Waals surface area contributed by atoms with Crippen LogP contribution in [0.3, 0.4) is 0 Å². The van der Waals surface area contributed by atoms with Crippen LogP contribution in [0.15, 0.2) is 65.7 Å². The summed E-state index contributed by atoms with van der Waals surface area (Å²) in [5.41, 5.74) is 9.81. The Hall–Kier alpha value is -3.82. The van der Waals surface area contributed by atoms with Crippen LogP contribution in [0, 0.1) is 0 Å². The molecule has 1 aliphatic rings. The molecule has 0 bridgehead atoms. The minimum Gasteiger partial charge on any atom is -0.336 e. The summed E-state index contributed by atoms with van der Waals surface area (Å²) in [6.45, 7) is 2.88. The molecule has 1 amide bonds. The summed E-state index contributed by atoms with van der Waals surface area (Å²) in [7, 11) is 0. The van der Waals surface area contributed by atoms with E-state index in [1.165, 1.54) is 0 Å². The number of hydrogen-bond acceptors (Lipinski definition) is 5. The van der Waals surface area contributed by atoms with Crippen molar-refractivity contribution in [3.05, 3.63) is 82.4 Å². The van der Waals surface area contributed by atoms with E-state index in [-0.39, 0.29) is 18.0 Å². The highest BCUT2D eigenvalue weighted by Gasteiger charge is 2.26. The molecule has 186 valence electrons. The first-order chi connectivity index (χ1) is 17.5. The van der Waals surface area contributed by atoms with Crippen LogP contribution in [0.25, 0.3) is 28.2 Å². The first-order valence-corrected chi connectivity index (χ1v) is 12.2. The van der Waals surface area contributed by atoms with Gasteiger partial charge in [0.1, 0.15) is 6.17 Å². The Kier molecular flexibility index (Phi) is 6.92. The molecule has 0 spiro atoms. The highest BCUT2D eigenvalue weighted by molar-refractivity contribution is 5.94. The molecule has 36 heavy (non-hydrogen) atoms. The van der Waals surface area contributed by atoms with Crippen molar-refractivity contribution in [2.75, 3.05) is 26.2 Å². The molecule has 8 nitrogen and oxygen atoms in total. The number of alkyl halides is 1. The molecule has 3 heterocycles. The SMILES string of the molecule is NCCCNCc1ccc(-c2cn3cc(-c4ccc(C(=O)N5CCC(F)C5)cc4)nc3[nH]c2=O)cc1. The predicted octanol–water partition coefficient (Wildman–Crippen LogP) is 2.98. The van der Waals surface area contributed by atoms with Gasteiger partial charge in [-0.15, -0.1) is 0 Å². The van der Waals surface area contributed by atoms with Gasteiger partial charge < -0.3 is 16.0 Å². The Morgan fingerprint density at radius 1 is 1.11 bits per heavy atom. The number of benzene rings is 2. The van der Waals surface area contributed by atoms with Crippen LogP contribution in [0.5, 0.6) is 0 Å². The van der Waals surface area contributed by atoms with Gasteiger partial charge in [-0.25, -0.2) is 9.37 Å². The van der Waals surface area contributed by atoms with E-state index < -0.39 is 6.17 Å². The second kappa shape index (κ2) is 10.4. The number of aromatic amines is 1. The van der Waals surface area contributed by atoms with E-state index in [9.17, 15) is 14.0 Å². The second-order valence-corrected chi connectivity index (χ2v) is 9.08. The number of likely N-dealkylation sites (tertiary alicyclic amines) is 1. The number of nitrogens with one attached hydrogen (secondary N) is 2. The van der Waals surface area contributed by atoms with Gasteiger partial charge in [-0.3, -0.25) is 19.0 Å². The van der Waals surface area contributed by atoms with Crippen molar-refractivity contribution in [2.24, 2.45) is 5.73 Å². The van der Waals surface area contributed by atoms with Gasteiger partial charge in [0.2, 0.25) is 5.78 Å². The number of nitrogens with zero attached hydrogens (tertiary/aromatic N) is 3. The maximum atomic E-state index is 13.5. The monoisotopic (exact) mass is 488 g/mol. The van der Waals surface area contributed by atoms with Gasteiger partial charge >= 0.3 is 0 Å². The van der Waals surface area contributed by atoms with Crippen molar-refractivity contribution in [3.8, 4) is 22.4 Å². The smallest absolute Gasteiger partial charge is 0.260 e. The zero-order valence-corrected chi connectivity index (χ0v) is 19.9. The van der Waals surface area contributed by atoms with Crippen molar-refractivity contribution in [1.82, 2.24) is 24.6 Å². The van der Waals surface area contributed by atoms with Gasteiger partial charge in [0.05, 0.1) is 17.8 Å². The Bertz CT molecular complexity index is 1410. The summed E-state index contributed by atoms with van der Waals surface area (Å²) < 4.78 is 15.2. The molecule has 4 N–H and O–H groups in total. The third-order valence-electron chi connectivity index (χ3n) is 6.47. The van der Waals surface area contributed by atoms with Crippen LogP contribution < -0.4 is 16.6 Å². The molecular formula is C27H29FN6O2. The first kappa shape index (κ1) is 23.9. The number of carbonyl (C=O) groups is 1. The Morgan fingerprint density at radius 3 is 2.56 bits per heavy atom. The summed E-state index contributed by atoms with van der Waals surface area (Å²) in [4.78, 5) is 34.3. The van der Waals surface area contributed by atoms with Crippen LogP contribution in [-0.4, -0.2) is 57.5 Å². The molecule has 4 aromatic rings. The number of carbonyl (C=O) groups excluding carboxylic acids is 1. The van der Waals surface area contributed by atoms with Gasteiger partial charge in [-0.2, -0.15) is 0 Å². The molecule has 0 aliphatic carbocycles. The van der Waals surface area contributed by atoms with Gasteiger partial charge in [0.25, 0.3) is 11.5 Å². The predicted molar refractivity (Wildman–Crippen MR) is 137 cm³/mol. The summed E-state index contributed by atoms with van der Waals surface area (Å²) in [6, 6.07) is 15.0. The van der Waals surface area contributed by atoms with E-state index in [0.717, 1.165) is 36.2 Å². The average molecular weight is 489 g/mol. The molecule has 9 heteroatoms. The fourth-order valence-corrected chi connectivity index (χ4v) is 4.43. The van der Waals surface area contributed by atoms with E-state index in [4.69, 9.17) is 5.73 Å². The Labute approximate surface area is 208 Å². The lowest BCUT2D eigenvalue weighted by molar-refractivity contribution is 0.0783. The molecule has 0 radical (unpaired) electrons. The van der Waals surface area contributed by atoms with Crippen LogP contribution in [0.4, 0.5) is 4.39 Å². The number of hydrogen-bond donors (Lipinski definition) is 3. The molecule has 1 fully saturated rings. The third kappa shape index (κ3) is 5.07. The van der Waals surface area contributed by atoms with Crippen molar-refractivity contribution in [2.45, 2.75) is 25.6 Å². The zero-order valence-electron chi connectivity index (χ0n) is 19.9. The van der Waals surface area contributed by atoms with Crippen LogP contribution in [0.1, 0.15) is 28.8 Å². The molecule has 1 saturated heterocycles. The van der Waals surface area contributed by atoms with E-state index in [2.05, 4.69) is 15.3 Å². The molecule has 1 aliphatic heterocycles. The lowest BCUT2D eigenvalue weighted by Gasteiger charge is -2.15. The van der Waals surface area contributed by atoms with Crippen molar-refractivity contribution >= 4 is 11.7 Å². The Balaban J connectivity index is 1.34. The normalized spacial score (nSPS) is 15.6.